The number of amides is 3. The highest BCUT2D eigenvalue weighted by atomic mass is 19.2. The van der Waals surface area contributed by atoms with E-state index in [4.69, 9.17) is 17.2 Å². The number of hydrogen-bond donors (Lipinski definition) is 6. The molecule has 3 amide bonds. The molecule has 31 heteroatoms. The van der Waals surface area contributed by atoms with E-state index in [1.807, 2.05) is 0 Å². The van der Waals surface area contributed by atoms with Gasteiger partial charge in [0.1, 0.15) is 104 Å². The standard InChI is InChI=1S/C22H16F4N6O.2C22H17F3N6O/c1-22(2)15-18(27)29-20(30-19(15)31-21(22)33)17-13-6-3-9(23)8-32(13)14(28-17)7-10-11(24)4-5-12(25)16(10)26;1-22(2)15-18(26)28-20(29-19(15)30-21(22)32)17-13-7-6-11(23)9-31(13)14(27-17)8-10-4-3-5-12(24)16(10)25;1-22(2)16-18(26)28-20(29-19(16)30-21(22)32)17-14-5-3-4-6-31(14)15(27-17)9-11-12(24)7-10(23)8-13(11)25/h3-6,8H,7H2,1-2H3,(H3,27,29,30,31,33);3-7,9H,8H2,1-2H3,(H3,26,28,29,30,32);3-8H,9H2,1-2H3,(H3,26,28,29,30,32). The highest BCUT2D eigenvalue weighted by Crippen LogP contribution is 2.44. The molecule has 0 bridgehead atoms. The lowest BCUT2D eigenvalue weighted by Crippen LogP contribution is -2.27. The second-order valence-electron chi connectivity index (χ2n) is 24.4. The SMILES string of the molecule is CC1(C)C(=O)Nc2nc(-c3nc(Cc4c(F)cc(F)cc4F)n4ccccc34)nc(N)c21.CC1(C)C(=O)Nc2nc(-c3nc(Cc4c(F)ccc(F)c4F)n4cc(F)ccc34)nc(N)c21.CC1(C)C(=O)Nc2nc(-c3nc(Cc4cccc(F)c4F)n4cc(F)ccc34)nc(N)c21. The van der Waals surface area contributed by atoms with Crippen LogP contribution in [0, 0.1) is 58.2 Å². The van der Waals surface area contributed by atoms with Crippen molar-refractivity contribution >= 4 is 69.2 Å². The number of rotatable bonds is 9. The quantitative estimate of drug-likeness (QED) is 0.0578. The number of imidazole rings is 3. The van der Waals surface area contributed by atoms with Gasteiger partial charge in [0.15, 0.2) is 40.7 Å². The van der Waals surface area contributed by atoms with Crippen LogP contribution in [-0.4, -0.2) is 75.8 Å². The van der Waals surface area contributed by atoms with Crippen LogP contribution in [0.15, 0.2) is 104 Å². The molecule has 12 aromatic rings. The van der Waals surface area contributed by atoms with Gasteiger partial charge in [0.2, 0.25) is 17.7 Å². The van der Waals surface area contributed by atoms with Crippen LogP contribution in [0.4, 0.5) is 78.8 Å². The van der Waals surface area contributed by atoms with E-state index < -0.39 is 86.4 Å². The molecule has 9 N–H and O–H groups in total. The number of nitrogens with one attached hydrogen (secondary N) is 3. The number of nitrogens with zero attached hydrogens (tertiary/aromatic N) is 12. The molecular weight excluding hydrogens is 1280 g/mol. The zero-order valence-corrected chi connectivity index (χ0v) is 51.5. The first kappa shape index (κ1) is 63.8. The third kappa shape index (κ3) is 10.9. The highest BCUT2D eigenvalue weighted by molar-refractivity contribution is 6.08. The summed E-state index contributed by atoms with van der Waals surface area (Å²) in [5.41, 5.74) is 18.5. The summed E-state index contributed by atoms with van der Waals surface area (Å²) < 4.78 is 144. The Kier molecular flexibility index (Phi) is 15.3. The summed E-state index contributed by atoms with van der Waals surface area (Å²) in [7, 11) is 0. The molecule has 0 saturated carbocycles. The average Bonchev–Trinajstić information content (AvgIpc) is 1.62. The number of carbonyl (C=O) groups is 3. The van der Waals surface area contributed by atoms with Crippen molar-refractivity contribution in [3.63, 3.8) is 0 Å². The fourth-order valence-corrected chi connectivity index (χ4v) is 11.9. The Bertz CT molecular complexity index is 5360. The smallest absolute Gasteiger partial charge is 0.235 e. The molecule has 3 aliphatic heterocycles. The van der Waals surface area contributed by atoms with Crippen molar-refractivity contribution in [2.75, 3.05) is 33.2 Å². The van der Waals surface area contributed by atoms with E-state index in [1.54, 1.807) is 70.3 Å². The molecule has 492 valence electrons. The predicted octanol–water partition coefficient (Wildman–Crippen LogP) is 11.0. The molecule has 21 nitrogen and oxygen atoms in total. The highest BCUT2D eigenvalue weighted by Gasteiger charge is 2.45. The van der Waals surface area contributed by atoms with Crippen LogP contribution in [0.3, 0.4) is 0 Å². The number of fused-ring (bicyclic) bond motifs is 6. The van der Waals surface area contributed by atoms with E-state index in [-0.39, 0.29) is 111 Å². The second kappa shape index (κ2) is 23.2. The minimum Gasteiger partial charge on any atom is -0.383 e. The number of benzene rings is 3. The molecule has 0 radical (unpaired) electrons. The molecule has 97 heavy (non-hydrogen) atoms. The van der Waals surface area contributed by atoms with E-state index in [1.165, 1.54) is 51.4 Å². The molecule has 0 saturated heterocycles. The van der Waals surface area contributed by atoms with E-state index in [9.17, 15) is 58.3 Å². The topological polar surface area (TPSA) is 295 Å². The van der Waals surface area contributed by atoms with Gasteiger partial charge in [-0.1, -0.05) is 18.2 Å². The molecule has 9 aromatic heterocycles. The van der Waals surface area contributed by atoms with Gasteiger partial charge in [-0.25, -0.2) is 88.8 Å². The van der Waals surface area contributed by atoms with E-state index in [0.29, 0.717) is 68.8 Å². The zero-order valence-electron chi connectivity index (χ0n) is 51.5. The largest absolute Gasteiger partial charge is 0.383 e. The fraction of sp³-hybridized carbons (Fsp3) is 0.182. The number of nitrogen functional groups attached to an aromatic ring is 3. The average molecular weight is 1330 g/mol. The summed E-state index contributed by atoms with van der Waals surface area (Å²) in [5, 5.41) is 8.07. The van der Waals surface area contributed by atoms with Gasteiger partial charge in [-0.3, -0.25) is 23.2 Å². The van der Waals surface area contributed by atoms with Gasteiger partial charge in [-0.2, -0.15) is 0 Å². The van der Waals surface area contributed by atoms with Gasteiger partial charge in [0.05, 0.1) is 49.5 Å². The number of halogens is 10. The Balaban J connectivity index is 0.000000131. The summed E-state index contributed by atoms with van der Waals surface area (Å²) in [6.07, 6.45) is 3.16. The summed E-state index contributed by atoms with van der Waals surface area (Å²) in [5.74, 6) is -8.47. The van der Waals surface area contributed by atoms with Crippen molar-refractivity contribution in [1.82, 2.24) is 58.1 Å². The van der Waals surface area contributed by atoms with E-state index in [0.717, 1.165) is 18.3 Å². The third-order valence-electron chi connectivity index (χ3n) is 17.0. The third-order valence-corrected chi connectivity index (χ3v) is 17.0. The minimum absolute atomic E-state index is 0.0231. The Hall–Kier alpha value is -11.9. The summed E-state index contributed by atoms with van der Waals surface area (Å²) in [6, 6.07) is 17.1. The molecule has 12 heterocycles. The van der Waals surface area contributed by atoms with Crippen LogP contribution in [0.2, 0.25) is 0 Å². The monoisotopic (exact) mass is 1330 g/mol. The summed E-state index contributed by atoms with van der Waals surface area (Å²) in [4.78, 5) is 76.6. The fourth-order valence-electron chi connectivity index (χ4n) is 11.9. The van der Waals surface area contributed by atoms with Crippen molar-refractivity contribution in [3.8, 4) is 34.6 Å². The molecule has 3 aromatic carbocycles. The van der Waals surface area contributed by atoms with Crippen molar-refractivity contribution in [2.45, 2.75) is 77.0 Å². The normalized spacial score (nSPS) is 14.6. The Morgan fingerprint density at radius 3 is 1.26 bits per heavy atom. The van der Waals surface area contributed by atoms with Crippen LogP contribution >= 0.6 is 0 Å². The number of aromatic nitrogens is 12. The van der Waals surface area contributed by atoms with Crippen LogP contribution < -0.4 is 33.2 Å². The molecule has 0 atom stereocenters. The maximum Gasteiger partial charge on any atom is 0.235 e. The minimum atomic E-state index is -1.35. The zero-order chi connectivity index (χ0) is 69.2. The van der Waals surface area contributed by atoms with Gasteiger partial charge in [0, 0.05) is 61.1 Å². The van der Waals surface area contributed by atoms with Crippen LogP contribution in [0.5, 0.6) is 0 Å². The van der Waals surface area contributed by atoms with E-state index >= 15 is 0 Å². The number of anilines is 6. The second-order valence-corrected chi connectivity index (χ2v) is 24.4. The summed E-state index contributed by atoms with van der Waals surface area (Å²) in [6.45, 7) is 10.3. The Labute approximate surface area is 540 Å². The molecule has 15 rings (SSSR count). The van der Waals surface area contributed by atoms with Crippen molar-refractivity contribution < 1.29 is 58.3 Å². The molecule has 0 unspecified atom stereocenters. The Morgan fingerprint density at radius 2 is 0.794 bits per heavy atom. The molecule has 0 aliphatic carbocycles. The first-order chi connectivity index (χ1) is 45.9. The van der Waals surface area contributed by atoms with Crippen LogP contribution in [-0.2, 0) is 49.9 Å². The lowest BCUT2D eigenvalue weighted by atomic mass is 9.87. The lowest BCUT2D eigenvalue weighted by Gasteiger charge is -2.16. The van der Waals surface area contributed by atoms with Crippen molar-refractivity contribution in [1.29, 1.82) is 0 Å². The van der Waals surface area contributed by atoms with Crippen LogP contribution in [0.25, 0.3) is 51.1 Å². The van der Waals surface area contributed by atoms with Crippen LogP contribution in [0.1, 0.15) is 92.4 Å². The maximum atomic E-state index is 14.3. The first-order valence-corrected chi connectivity index (χ1v) is 29.4. The molecule has 3 aliphatic rings. The van der Waals surface area contributed by atoms with Gasteiger partial charge in [-0.15, -0.1) is 0 Å². The number of hydrogen-bond acceptors (Lipinski definition) is 15. The first-order valence-electron chi connectivity index (χ1n) is 29.4. The number of nitrogens with two attached hydrogens (primary N) is 3. The lowest BCUT2D eigenvalue weighted by molar-refractivity contribution is -0.120. The number of carbonyl (C=O) groups excluding carboxylic acids is 3. The number of pyridine rings is 3. The van der Waals surface area contributed by atoms with Gasteiger partial charge in [0.25, 0.3) is 0 Å². The van der Waals surface area contributed by atoms with Gasteiger partial charge in [-0.05, 0) is 102 Å². The van der Waals surface area contributed by atoms with Crippen molar-refractivity contribution in [3.05, 3.63) is 213 Å². The molecule has 0 spiro atoms. The molecular formula is C66H50F10N18O3. The Morgan fingerprint density at radius 1 is 0.392 bits per heavy atom. The maximum absolute atomic E-state index is 14.3. The van der Waals surface area contributed by atoms with Gasteiger partial charge < -0.3 is 37.6 Å². The molecule has 0 fully saturated rings. The predicted molar refractivity (Wildman–Crippen MR) is 334 cm³/mol. The van der Waals surface area contributed by atoms with Crippen molar-refractivity contribution in [2.24, 2.45) is 0 Å². The van der Waals surface area contributed by atoms with E-state index in [2.05, 4.69) is 60.8 Å². The summed E-state index contributed by atoms with van der Waals surface area (Å²) >= 11 is 0. The van der Waals surface area contributed by atoms with Gasteiger partial charge >= 0.3 is 0 Å².